The van der Waals surface area contributed by atoms with E-state index in [-0.39, 0.29) is 13.7 Å². The molecule has 0 atom stereocenters. The minimum absolute atomic E-state index is 0.234. The molecule has 0 unspecified atom stereocenters. The van der Waals surface area contributed by atoms with Crippen molar-refractivity contribution in [1.82, 2.24) is 10.5 Å². The van der Waals surface area contributed by atoms with Gasteiger partial charge in [-0.05, 0) is 36.7 Å². The number of hydrogen-bond donors (Lipinski definition) is 2. The zero-order valence-electron chi connectivity index (χ0n) is 11.0. The Bertz CT molecular complexity index is 542. The molecule has 5 heteroatoms. The van der Waals surface area contributed by atoms with E-state index in [1.807, 2.05) is 24.6 Å². The van der Waals surface area contributed by atoms with E-state index in [9.17, 15) is 0 Å². The molecule has 3 rings (SSSR count). The fourth-order valence-electron chi connectivity index (χ4n) is 2.50. The van der Waals surface area contributed by atoms with E-state index >= 15 is 0 Å². The van der Waals surface area contributed by atoms with Gasteiger partial charge in [-0.3, -0.25) is 0 Å². The Balaban J connectivity index is 1.94. The predicted octanol–water partition coefficient (Wildman–Crippen LogP) is -0.667. The smallest absolute Gasteiger partial charge is 0.393 e. The first-order chi connectivity index (χ1) is 9.36. The first kappa shape index (κ1) is 11.9. The summed E-state index contributed by atoms with van der Waals surface area (Å²) < 4.78 is 2.25. The van der Waals surface area contributed by atoms with Crippen LogP contribution in [0, 0.1) is 0 Å². The summed E-state index contributed by atoms with van der Waals surface area (Å²) >= 11 is 0. The number of hydrogen-bond acceptors (Lipinski definition) is 2. The van der Waals surface area contributed by atoms with Gasteiger partial charge in [-0.1, -0.05) is 30.2 Å². The second-order valence-corrected chi connectivity index (χ2v) is 4.71. The van der Waals surface area contributed by atoms with E-state index in [0.717, 1.165) is 0 Å². The van der Waals surface area contributed by atoms with Gasteiger partial charge in [-0.2, -0.15) is 0 Å². The van der Waals surface area contributed by atoms with Gasteiger partial charge in [0.05, 0.1) is 0 Å². The van der Waals surface area contributed by atoms with E-state index < -0.39 is 0 Å². The maximum absolute atomic E-state index is 3.37. The number of allylic oxidation sites excluding steroid dienone is 4. The third-order valence-corrected chi connectivity index (χ3v) is 3.52. The summed E-state index contributed by atoms with van der Waals surface area (Å²) in [6, 6.07) is 6.44. The first-order valence-corrected chi connectivity index (χ1v) is 6.54. The number of nitrogens with one attached hydrogen (secondary N) is 2. The Morgan fingerprint density at radius 3 is 1.79 bits per heavy atom. The third kappa shape index (κ3) is 2.36. The highest BCUT2D eigenvalue weighted by Crippen LogP contribution is 1.92. The van der Waals surface area contributed by atoms with Gasteiger partial charge in [0, 0.05) is 0 Å². The number of aromatic nitrogens is 1. The van der Waals surface area contributed by atoms with E-state index in [0.29, 0.717) is 0 Å². The fourth-order valence-corrected chi connectivity index (χ4v) is 2.50. The van der Waals surface area contributed by atoms with Crippen LogP contribution < -0.4 is 26.2 Å². The Morgan fingerprint density at radius 1 is 0.842 bits per heavy atom. The summed E-state index contributed by atoms with van der Waals surface area (Å²) in [5.74, 6) is 4.34. The van der Waals surface area contributed by atoms with Crippen LogP contribution in [0.1, 0.15) is 0 Å². The Morgan fingerprint density at radius 2 is 1.37 bits per heavy atom. The van der Waals surface area contributed by atoms with Gasteiger partial charge >= 0.3 is 13.7 Å². The summed E-state index contributed by atoms with van der Waals surface area (Å²) in [7, 11) is 2.12. The molecule has 2 aliphatic rings. The van der Waals surface area contributed by atoms with Crippen molar-refractivity contribution in [1.29, 1.82) is 0 Å². The van der Waals surface area contributed by atoms with Crippen molar-refractivity contribution in [2.75, 3.05) is 0 Å². The van der Waals surface area contributed by atoms with E-state index in [1.54, 1.807) is 0 Å². The molecule has 0 fully saturated rings. The maximum Gasteiger partial charge on any atom is 0.393 e. The van der Waals surface area contributed by atoms with Crippen molar-refractivity contribution in [2.45, 2.75) is 0 Å². The van der Waals surface area contributed by atoms with E-state index in [2.05, 4.69) is 64.4 Å². The minimum atomic E-state index is 0.234. The van der Waals surface area contributed by atoms with E-state index in [1.165, 1.54) is 11.2 Å². The van der Waals surface area contributed by atoms with Crippen LogP contribution >= 0.6 is 0 Å². The molecule has 2 N–H and O–H groups in total. The summed E-state index contributed by atoms with van der Waals surface area (Å²) in [5, 5.41) is 6.73. The lowest BCUT2D eigenvalue weighted by Crippen LogP contribution is -2.70. The normalized spacial score (nSPS) is 16.5. The summed E-state index contributed by atoms with van der Waals surface area (Å²) in [6.07, 6.45) is 12.1. The highest BCUT2D eigenvalue weighted by atomic mass is 15.0. The van der Waals surface area contributed by atoms with Gasteiger partial charge in [0.1, 0.15) is 7.05 Å². The molecule has 0 radical (unpaired) electrons. The number of nitrogens with zero attached hydrogens (tertiary/aromatic N) is 1. The molecule has 0 spiro atoms. The topological polar surface area (TPSA) is 27.9 Å². The largest absolute Gasteiger partial charge is 0.422 e. The van der Waals surface area contributed by atoms with Crippen LogP contribution in [0.15, 0.2) is 66.9 Å². The molecule has 92 valence electrons. The predicted molar refractivity (Wildman–Crippen MR) is 81.2 cm³/mol. The highest BCUT2D eigenvalue weighted by Gasteiger charge is 2.29. The van der Waals surface area contributed by atoms with Gasteiger partial charge in [0.25, 0.3) is 0 Å². The lowest BCUT2D eigenvalue weighted by Gasteiger charge is -2.14. The average molecular weight is 248 g/mol. The molecule has 0 amide bonds. The van der Waals surface area contributed by atoms with Crippen molar-refractivity contribution >= 4 is 24.9 Å². The monoisotopic (exact) mass is 248 g/mol. The third-order valence-electron chi connectivity index (χ3n) is 3.52. The molecule has 3 heterocycles. The maximum atomic E-state index is 3.37. The van der Waals surface area contributed by atoms with Crippen LogP contribution in [0.25, 0.3) is 0 Å². The van der Waals surface area contributed by atoms with Crippen LogP contribution in [0.5, 0.6) is 0 Å². The van der Waals surface area contributed by atoms with Gasteiger partial charge in [-0.25, -0.2) is 4.57 Å². The molecule has 0 aliphatic carbocycles. The Labute approximate surface area is 114 Å². The SMILES string of the molecule is C[n+]1c(B2C=CC=CN2)cccc1B1C=CC=CN1. The van der Waals surface area contributed by atoms with Gasteiger partial charge < -0.3 is 10.5 Å². The molecule has 0 saturated carbocycles. The Hall–Kier alpha value is -2.16. The lowest BCUT2D eigenvalue weighted by molar-refractivity contribution is -0.636. The molecule has 0 bridgehead atoms. The summed E-state index contributed by atoms with van der Waals surface area (Å²) in [4.78, 5) is 0. The molecule has 2 aliphatic heterocycles. The average Bonchev–Trinajstić information content (AvgIpc) is 2.49. The number of pyridine rings is 1. The van der Waals surface area contributed by atoms with Crippen LogP contribution in [-0.2, 0) is 7.05 Å². The first-order valence-electron chi connectivity index (χ1n) is 6.54. The molecule has 3 nitrogen and oxygen atoms in total. The van der Waals surface area contributed by atoms with Crippen molar-refractivity contribution < 1.29 is 4.57 Å². The van der Waals surface area contributed by atoms with Crippen LogP contribution in [-0.4, -0.2) is 13.7 Å². The summed E-state index contributed by atoms with van der Waals surface area (Å²) in [6.45, 7) is 0.469. The second-order valence-electron chi connectivity index (χ2n) is 4.71. The van der Waals surface area contributed by atoms with E-state index in [4.69, 9.17) is 0 Å². The second kappa shape index (κ2) is 5.22. The van der Waals surface area contributed by atoms with Crippen molar-refractivity contribution in [2.24, 2.45) is 7.05 Å². The molecule has 0 saturated heterocycles. The van der Waals surface area contributed by atoms with Gasteiger partial charge in [0.2, 0.25) is 0 Å². The van der Waals surface area contributed by atoms with Crippen LogP contribution in [0.3, 0.4) is 0 Å². The zero-order valence-corrected chi connectivity index (χ0v) is 11.0. The lowest BCUT2D eigenvalue weighted by atomic mass is 9.55. The van der Waals surface area contributed by atoms with Crippen LogP contribution in [0.4, 0.5) is 0 Å². The molecule has 0 aromatic carbocycles. The molecular formula is C14H16B2N3+. The van der Waals surface area contributed by atoms with Crippen LogP contribution in [0.2, 0.25) is 0 Å². The fraction of sp³-hybridized carbons (Fsp3) is 0.0714. The van der Waals surface area contributed by atoms with Crippen molar-refractivity contribution in [3.8, 4) is 0 Å². The highest BCUT2D eigenvalue weighted by molar-refractivity contribution is 6.76. The summed E-state index contributed by atoms with van der Waals surface area (Å²) in [5.41, 5.74) is 2.51. The van der Waals surface area contributed by atoms with Crippen molar-refractivity contribution in [3.63, 3.8) is 0 Å². The van der Waals surface area contributed by atoms with Crippen molar-refractivity contribution in [3.05, 3.63) is 66.9 Å². The quantitative estimate of drug-likeness (QED) is 0.536. The molecule has 1 aromatic heterocycles. The Kier molecular flexibility index (Phi) is 3.27. The van der Waals surface area contributed by atoms with Gasteiger partial charge in [-0.15, -0.1) is 0 Å². The molecule has 1 aromatic rings. The zero-order chi connectivity index (χ0) is 13.1. The molecular weight excluding hydrogens is 232 g/mol. The standard InChI is InChI=1S/C14H16B2N3/c1-19-13(15-9-2-4-11-17-15)7-6-8-14(19)16-10-3-5-12-18-16/h2-12,17-18H,1H3/q+1. The number of rotatable bonds is 2. The molecule has 19 heavy (non-hydrogen) atoms. The van der Waals surface area contributed by atoms with Gasteiger partial charge in [0.15, 0.2) is 11.2 Å². The minimum Gasteiger partial charge on any atom is -0.422 e.